The Morgan fingerprint density at radius 2 is 2.38 bits per heavy atom. The minimum Gasteiger partial charge on any atom is -1.00 e. The van der Waals surface area contributed by atoms with Crippen LogP contribution < -0.4 is 51.4 Å². The van der Waals surface area contributed by atoms with Crippen LogP contribution in [0.3, 0.4) is 0 Å². The fraction of sp³-hybridized carbons (Fsp3) is 0.500. The Kier molecular flexibility index (Phi) is 10.8. The van der Waals surface area contributed by atoms with Crippen LogP contribution in [-0.2, 0) is 4.79 Å². The number of hydrogen-bond acceptors (Lipinski definition) is 2. The molecule has 0 aromatic carbocycles. The predicted octanol–water partition coefficient (Wildman–Crippen LogP) is -2.51. The van der Waals surface area contributed by atoms with Crippen molar-refractivity contribution in [2.75, 3.05) is 0 Å². The van der Waals surface area contributed by atoms with E-state index in [2.05, 4.69) is 0 Å². The van der Waals surface area contributed by atoms with Gasteiger partial charge in [-0.05, 0) is 0 Å². The van der Waals surface area contributed by atoms with E-state index in [1.54, 1.807) is 6.07 Å². The van der Waals surface area contributed by atoms with E-state index in [0.717, 1.165) is 0 Å². The van der Waals surface area contributed by atoms with Crippen molar-refractivity contribution < 1.29 is 62.7 Å². The first-order valence-electron chi connectivity index (χ1n) is 1.86. The van der Waals surface area contributed by atoms with Crippen molar-refractivity contribution in [1.82, 2.24) is 0 Å². The normalized spacial score (nSPS) is 6.38. The zero-order valence-electron chi connectivity index (χ0n) is 5.72. The van der Waals surface area contributed by atoms with E-state index in [0.29, 0.717) is 0 Å². The number of nitrogens with zero attached hydrogens (tertiary/aromatic N) is 1. The number of carboxylic acid groups (broad SMARTS) is 1. The smallest absolute Gasteiger partial charge is 1.00 e. The molecular weight excluding hydrogens is 133 g/mol. The van der Waals surface area contributed by atoms with Gasteiger partial charge >= 0.3 is 57.4 Å². The van der Waals surface area contributed by atoms with Gasteiger partial charge in [0.2, 0.25) is 0 Å². The van der Waals surface area contributed by atoms with Crippen molar-refractivity contribution >= 4 is 5.97 Å². The van der Waals surface area contributed by atoms with Crippen LogP contribution in [0.1, 0.15) is 14.3 Å². The van der Waals surface area contributed by atoms with Gasteiger partial charge in [-0.15, -0.1) is 0 Å². The summed E-state index contributed by atoms with van der Waals surface area (Å²) in [4.78, 5) is 9.61. The Morgan fingerprint density at radius 1 is 1.88 bits per heavy atom. The van der Waals surface area contributed by atoms with Gasteiger partial charge in [-0.1, -0.05) is 0 Å². The molecule has 3 nitrogen and oxygen atoms in total. The standard InChI is InChI=1S/C4H5NO2.K.H/c5-3-1-2-4(6)7;;/h1-2H2,(H,6,7);;/q;+1;-1. The largest absolute Gasteiger partial charge is 1.00 e. The first-order chi connectivity index (χ1) is 3.27. The predicted molar refractivity (Wildman–Crippen MR) is 23.6 cm³/mol. The maximum Gasteiger partial charge on any atom is 1.00 e. The second-order valence-electron chi connectivity index (χ2n) is 1.05. The van der Waals surface area contributed by atoms with Gasteiger partial charge in [-0.3, -0.25) is 4.79 Å². The third kappa shape index (κ3) is 9.78. The van der Waals surface area contributed by atoms with Gasteiger partial charge in [0.1, 0.15) is 0 Å². The number of nitriles is 1. The van der Waals surface area contributed by atoms with E-state index in [1.807, 2.05) is 0 Å². The first kappa shape index (κ1) is 11.4. The summed E-state index contributed by atoms with van der Waals surface area (Å²) < 4.78 is 0. The molecular formula is C4H6KNO2. The third-order valence-electron chi connectivity index (χ3n) is 0.451. The molecule has 0 aliphatic heterocycles. The van der Waals surface area contributed by atoms with Crippen LogP contribution in [0.4, 0.5) is 0 Å². The molecule has 0 atom stereocenters. The molecule has 0 bridgehead atoms. The second kappa shape index (κ2) is 7.60. The molecule has 0 saturated heterocycles. The Balaban J connectivity index is -0.000000180. The first-order valence-corrected chi connectivity index (χ1v) is 1.86. The van der Waals surface area contributed by atoms with E-state index in [1.165, 1.54) is 0 Å². The fourth-order valence-corrected chi connectivity index (χ4v) is 0.163. The Hall–Kier alpha value is 0.596. The van der Waals surface area contributed by atoms with E-state index in [9.17, 15) is 4.79 Å². The van der Waals surface area contributed by atoms with Gasteiger partial charge in [0.25, 0.3) is 0 Å². The van der Waals surface area contributed by atoms with Crippen molar-refractivity contribution in [2.45, 2.75) is 12.8 Å². The van der Waals surface area contributed by atoms with Crippen LogP contribution >= 0.6 is 0 Å². The van der Waals surface area contributed by atoms with Crippen LogP contribution in [0, 0.1) is 11.3 Å². The zero-order valence-corrected chi connectivity index (χ0v) is 7.84. The Labute approximate surface area is 91.6 Å². The summed E-state index contributed by atoms with van der Waals surface area (Å²) >= 11 is 0. The SMILES string of the molecule is N#CCCC(=O)O.[H-].[K+]. The summed E-state index contributed by atoms with van der Waals surface area (Å²) in [5, 5.41) is 15.7. The fourth-order valence-electron chi connectivity index (χ4n) is 0.163. The second-order valence-corrected chi connectivity index (χ2v) is 1.05. The van der Waals surface area contributed by atoms with Crippen molar-refractivity contribution in [3.63, 3.8) is 0 Å². The topological polar surface area (TPSA) is 61.1 Å². The number of rotatable bonds is 2. The van der Waals surface area contributed by atoms with Crippen LogP contribution in [0.2, 0.25) is 0 Å². The average molecular weight is 139 g/mol. The van der Waals surface area contributed by atoms with Gasteiger partial charge in [-0.2, -0.15) is 5.26 Å². The maximum atomic E-state index is 9.61. The van der Waals surface area contributed by atoms with E-state index in [-0.39, 0.29) is 65.7 Å². The summed E-state index contributed by atoms with van der Waals surface area (Å²) in [6, 6.07) is 1.72. The Morgan fingerprint density at radius 3 is 2.50 bits per heavy atom. The summed E-state index contributed by atoms with van der Waals surface area (Å²) in [5.74, 6) is -0.915. The van der Waals surface area contributed by atoms with Crippen LogP contribution in [-0.4, -0.2) is 11.1 Å². The number of carboxylic acids is 1. The molecule has 0 fully saturated rings. The molecule has 0 heterocycles. The van der Waals surface area contributed by atoms with Crippen molar-refractivity contribution in [1.29, 1.82) is 5.26 Å². The van der Waals surface area contributed by atoms with E-state index >= 15 is 0 Å². The molecule has 0 aliphatic rings. The quantitative estimate of drug-likeness (QED) is 0.430. The van der Waals surface area contributed by atoms with E-state index in [4.69, 9.17) is 10.4 Å². The third-order valence-corrected chi connectivity index (χ3v) is 0.451. The molecule has 4 heteroatoms. The summed E-state index contributed by atoms with van der Waals surface area (Å²) in [7, 11) is 0. The van der Waals surface area contributed by atoms with Crippen LogP contribution in [0.25, 0.3) is 0 Å². The summed E-state index contributed by atoms with van der Waals surface area (Å²) in [5.41, 5.74) is 0. The number of aliphatic carboxylic acids is 1. The minimum absolute atomic E-state index is 0. The molecule has 0 amide bonds. The molecule has 0 radical (unpaired) electrons. The molecule has 0 spiro atoms. The monoisotopic (exact) mass is 139 g/mol. The van der Waals surface area contributed by atoms with Gasteiger partial charge in [-0.25, -0.2) is 0 Å². The van der Waals surface area contributed by atoms with Crippen molar-refractivity contribution in [2.24, 2.45) is 0 Å². The van der Waals surface area contributed by atoms with Crippen LogP contribution in [0.5, 0.6) is 0 Å². The minimum atomic E-state index is -0.915. The average Bonchev–Trinajstić information content (AvgIpc) is 1.61. The molecule has 0 rings (SSSR count). The van der Waals surface area contributed by atoms with Gasteiger partial charge in [0.15, 0.2) is 0 Å². The molecule has 1 N–H and O–H groups in total. The van der Waals surface area contributed by atoms with E-state index < -0.39 is 5.97 Å². The zero-order chi connectivity index (χ0) is 5.70. The molecule has 0 aliphatic carbocycles. The molecule has 40 valence electrons. The van der Waals surface area contributed by atoms with Gasteiger partial charge in [0.05, 0.1) is 12.5 Å². The van der Waals surface area contributed by atoms with Crippen LogP contribution in [0.15, 0.2) is 0 Å². The molecule has 0 aromatic rings. The van der Waals surface area contributed by atoms with Gasteiger partial charge < -0.3 is 6.53 Å². The van der Waals surface area contributed by atoms with Gasteiger partial charge in [0, 0.05) is 6.42 Å². The molecule has 0 aromatic heterocycles. The molecule has 8 heavy (non-hydrogen) atoms. The Bertz CT molecular complexity index is 112. The summed E-state index contributed by atoms with van der Waals surface area (Å²) in [6.07, 6.45) is 0.0613. The number of hydrogen-bond donors (Lipinski definition) is 1. The molecule has 0 saturated carbocycles. The number of carbonyl (C=O) groups is 1. The molecule has 0 unspecified atom stereocenters. The van der Waals surface area contributed by atoms with Crippen molar-refractivity contribution in [3.8, 4) is 6.07 Å². The maximum absolute atomic E-state index is 9.61. The van der Waals surface area contributed by atoms with Crippen molar-refractivity contribution in [3.05, 3.63) is 0 Å². The summed E-state index contributed by atoms with van der Waals surface area (Å²) in [6.45, 7) is 0.